The van der Waals surface area contributed by atoms with Crippen molar-refractivity contribution < 1.29 is 26.3 Å². The number of halogens is 5. The smallest absolute Gasteiger partial charge is 0.406 e. The first kappa shape index (κ1) is 21.2. The Labute approximate surface area is 170 Å². The van der Waals surface area contributed by atoms with Crippen LogP contribution in [0.15, 0.2) is 47.4 Å². The summed E-state index contributed by atoms with van der Waals surface area (Å²) in [6.45, 7) is 0.0829. The Morgan fingerprint density at radius 1 is 1.04 bits per heavy atom. The van der Waals surface area contributed by atoms with Gasteiger partial charge >= 0.3 is 6.36 Å². The van der Waals surface area contributed by atoms with E-state index >= 15 is 0 Å². The quantitative estimate of drug-likeness (QED) is 0.645. The van der Waals surface area contributed by atoms with Crippen LogP contribution in [-0.4, -0.2) is 21.3 Å². The van der Waals surface area contributed by atoms with Crippen LogP contribution >= 0.6 is 23.2 Å². The van der Waals surface area contributed by atoms with E-state index in [1.54, 1.807) is 18.2 Å². The number of alkyl halides is 3. The van der Waals surface area contributed by atoms with E-state index in [4.69, 9.17) is 23.2 Å². The summed E-state index contributed by atoms with van der Waals surface area (Å²) in [5, 5.41) is 0.945. The summed E-state index contributed by atoms with van der Waals surface area (Å²) in [6.07, 6.45) is -2.50. The highest BCUT2D eigenvalue weighted by atomic mass is 35.5. The minimum Gasteiger partial charge on any atom is -0.406 e. The monoisotopic (exact) mass is 453 g/mol. The lowest BCUT2D eigenvalue weighted by molar-refractivity contribution is -0.274. The highest BCUT2D eigenvalue weighted by molar-refractivity contribution is 7.89. The Bertz CT molecular complexity index is 939. The Morgan fingerprint density at radius 2 is 1.61 bits per heavy atom. The summed E-state index contributed by atoms with van der Waals surface area (Å²) in [6, 6.07) is 9.14. The molecule has 152 valence electrons. The molecule has 1 aliphatic rings. The largest absolute Gasteiger partial charge is 0.573 e. The fourth-order valence-electron chi connectivity index (χ4n) is 3.26. The molecular weight excluding hydrogens is 438 g/mol. The van der Waals surface area contributed by atoms with Gasteiger partial charge in [-0.25, -0.2) is 13.1 Å². The van der Waals surface area contributed by atoms with E-state index in [0.29, 0.717) is 15.6 Å². The second-order valence-electron chi connectivity index (χ2n) is 6.57. The van der Waals surface area contributed by atoms with E-state index in [1.165, 1.54) is 0 Å². The lowest BCUT2D eigenvalue weighted by atomic mass is 9.64. The van der Waals surface area contributed by atoms with Crippen LogP contribution in [0.4, 0.5) is 13.2 Å². The molecule has 10 heteroatoms. The van der Waals surface area contributed by atoms with E-state index in [9.17, 15) is 21.6 Å². The van der Waals surface area contributed by atoms with Crippen LogP contribution in [0.25, 0.3) is 0 Å². The molecule has 0 heterocycles. The van der Waals surface area contributed by atoms with Crippen molar-refractivity contribution in [2.45, 2.75) is 35.9 Å². The van der Waals surface area contributed by atoms with Crippen LogP contribution in [0.2, 0.25) is 10.0 Å². The topological polar surface area (TPSA) is 55.4 Å². The molecule has 0 atom stereocenters. The Hall–Kier alpha value is -1.48. The van der Waals surface area contributed by atoms with Crippen molar-refractivity contribution >= 4 is 33.2 Å². The van der Waals surface area contributed by atoms with Crippen molar-refractivity contribution in [1.29, 1.82) is 0 Å². The number of hydrogen-bond acceptors (Lipinski definition) is 3. The number of ether oxygens (including phenoxy) is 1. The molecule has 2 aromatic carbocycles. The van der Waals surface area contributed by atoms with Crippen molar-refractivity contribution in [2.75, 3.05) is 6.54 Å². The molecule has 0 aliphatic heterocycles. The molecular formula is C18H16Cl2F3NO3S. The van der Waals surface area contributed by atoms with Gasteiger partial charge < -0.3 is 4.74 Å². The minimum absolute atomic E-state index is 0.0829. The summed E-state index contributed by atoms with van der Waals surface area (Å²) < 4.78 is 68.1. The molecule has 0 bridgehead atoms. The van der Waals surface area contributed by atoms with E-state index < -0.39 is 27.6 Å². The zero-order valence-corrected chi connectivity index (χ0v) is 16.7. The lowest BCUT2D eigenvalue weighted by Gasteiger charge is -2.43. The molecule has 0 unspecified atom stereocenters. The van der Waals surface area contributed by atoms with Crippen molar-refractivity contribution in [2.24, 2.45) is 0 Å². The van der Waals surface area contributed by atoms with Crippen LogP contribution in [0.3, 0.4) is 0 Å². The van der Waals surface area contributed by atoms with Crippen LogP contribution in [0.5, 0.6) is 5.75 Å². The number of hydrogen-bond donors (Lipinski definition) is 1. The van der Waals surface area contributed by atoms with Crippen LogP contribution in [-0.2, 0) is 15.4 Å². The fourth-order valence-corrected chi connectivity index (χ4v) is 5.19. The molecule has 0 spiro atoms. The maximum atomic E-state index is 12.6. The number of benzene rings is 2. The van der Waals surface area contributed by atoms with Gasteiger partial charge in [-0.3, -0.25) is 0 Å². The number of rotatable bonds is 6. The van der Waals surface area contributed by atoms with E-state index in [2.05, 4.69) is 9.46 Å². The second-order valence-corrected chi connectivity index (χ2v) is 9.16. The van der Waals surface area contributed by atoms with Gasteiger partial charge in [0.1, 0.15) is 5.75 Å². The molecule has 2 aromatic rings. The molecule has 0 amide bonds. The van der Waals surface area contributed by atoms with E-state index in [0.717, 1.165) is 43.5 Å². The van der Waals surface area contributed by atoms with Gasteiger partial charge in [-0.1, -0.05) is 35.7 Å². The molecule has 0 aromatic heterocycles. The Balaban J connectivity index is 1.77. The van der Waals surface area contributed by atoms with Crippen molar-refractivity contribution in [1.82, 2.24) is 4.72 Å². The summed E-state index contributed by atoms with van der Waals surface area (Å²) in [5.74, 6) is -0.496. The van der Waals surface area contributed by atoms with E-state index in [-0.39, 0.29) is 11.4 Å². The summed E-state index contributed by atoms with van der Waals surface area (Å²) >= 11 is 12.6. The third kappa shape index (κ3) is 4.56. The van der Waals surface area contributed by atoms with Gasteiger partial charge in [-0.05, 0) is 54.8 Å². The SMILES string of the molecule is O=S(=O)(NCC1(c2c(Cl)cccc2Cl)CCC1)c1ccc(OC(F)(F)F)cc1. The fraction of sp³-hybridized carbons (Fsp3) is 0.333. The first-order valence-corrected chi connectivity index (χ1v) is 10.6. The maximum Gasteiger partial charge on any atom is 0.573 e. The summed E-state index contributed by atoms with van der Waals surface area (Å²) in [4.78, 5) is -0.165. The van der Waals surface area contributed by atoms with E-state index in [1.807, 2.05) is 0 Å². The van der Waals surface area contributed by atoms with Crippen molar-refractivity contribution in [3.63, 3.8) is 0 Å². The zero-order chi connectivity index (χ0) is 20.6. The molecule has 1 saturated carbocycles. The third-order valence-corrected chi connectivity index (χ3v) is 6.82. The van der Waals surface area contributed by atoms with Gasteiger partial charge in [0.15, 0.2) is 0 Å². The first-order valence-electron chi connectivity index (χ1n) is 8.32. The van der Waals surface area contributed by atoms with Crippen LogP contribution < -0.4 is 9.46 Å². The average molecular weight is 454 g/mol. The van der Waals surface area contributed by atoms with Crippen molar-refractivity contribution in [3.8, 4) is 5.75 Å². The molecule has 1 fully saturated rings. The van der Waals surface area contributed by atoms with Gasteiger partial charge in [0, 0.05) is 22.0 Å². The van der Waals surface area contributed by atoms with Gasteiger partial charge in [-0.15, -0.1) is 13.2 Å². The van der Waals surface area contributed by atoms with Gasteiger partial charge in [0.05, 0.1) is 4.90 Å². The Morgan fingerprint density at radius 3 is 2.07 bits per heavy atom. The lowest BCUT2D eigenvalue weighted by Crippen LogP contribution is -2.45. The standard InChI is InChI=1S/C18H16Cl2F3NO3S/c19-14-3-1-4-15(20)16(14)17(9-2-10-17)11-24-28(25,26)13-7-5-12(6-8-13)27-18(21,22)23/h1,3-8,24H,2,9-11H2. The summed E-state index contributed by atoms with van der Waals surface area (Å²) in [5.41, 5.74) is 0.197. The highest BCUT2D eigenvalue weighted by Crippen LogP contribution is 2.48. The van der Waals surface area contributed by atoms with Gasteiger partial charge in [0.2, 0.25) is 10.0 Å². The van der Waals surface area contributed by atoms with Crippen LogP contribution in [0, 0.1) is 0 Å². The molecule has 0 saturated heterocycles. The first-order chi connectivity index (χ1) is 13.0. The number of nitrogens with one attached hydrogen (secondary N) is 1. The normalized spacial score (nSPS) is 16.5. The maximum absolute atomic E-state index is 12.6. The van der Waals surface area contributed by atoms with Crippen LogP contribution in [0.1, 0.15) is 24.8 Å². The van der Waals surface area contributed by atoms with Gasteiger partial charge in [-0.2, -0.15) is 0 Å². The molecule has 1 aliphatic carbocycles. The predicted octanol–water partition coefficient (Wildman–Crippen LogP) is 5.29. The molecule has 4 nitrogen and oxygen atoms in total. The second kappa shape index (κ2) is 7.74. The molecule has 3 rings (SSSR count). The van der Waals surface area contributed by atoms with Crippen molar-refractivity contribution in [3.05, 3.63) is 58.1 Å². The number of sulfonamides is 1. The third-order valence-electron chi connectivity index (χ3n) is 4.77. The summed E-state index contributed by atoms with van der Waals surface area (Å²) in [7, 11) is -3.94. The highest BCUT2D eigenvalue weighted by Gasteiger charge is 2.42. The van der Waals surface area contributed by atoms with Gasteiger partial charge in [0.25, 0.3) is 0 Å². The predicted molar refractivity (Wildman–Crippen MR) is 100 cm³/mol. The minimum atomic E-state index is -4.84. The average Bonchev–Trinajstić information content (AvgIpc) is 2.55. The Kier molecular flexibility index (Phi) is 5.87. The zero-order valence-electron chi connectivity index (χ0n) is 14.4. The molecule has 0 radical (unpaired) electrons. The molecule has 28 heavy (non-hydrogen) atoms. The molecule has 1 N–H and O–H groups in total.